The van der Waals surface area contributed by atoms with Crippen LogP contribution in [0.2, 0.25) is 5.02 Å². The number of carbonyl (C=O) groups is 1. The Kier molecular flexibility index (Phi) is 5.40. The molecule has 0 aromatic heterocycles. The Morgan fingerprint density at radius 3 is 2.65 bits per heavy atom. The highest BCUT2D eigenvalue weighted by Gasteiger charge is 2.08. The van der Waals surface area contributed by atoms with Crippen molar-refractivity contribution in [2.24, 2.45) is 5.10 Å². The Morgan fingerprint density at radius 2 is 1.96 bits per heavy atom. The minimum Gasteiger partial charge on any atom is -0.507 e. The predicted octanol–water partition coefficient (Wildman–Crippen LogP) is 3.75. The van der Waals surface area contributed by atoms with E-state index in [0.717, 1.165) is 16.7 Å². The molecule has 0 aliphatic rings. The minimum absolute atomic E-state index is 0.0688. The molecule has 0 unspecified atom stereocenters. The van der Waals surface area contributed by atoms with Gasteiger partial charge in [-0.1, -0.05) is 35.4 Å². The molecule has 1 amide bonds. The lowest BCUT2D eigenvalue weighted by molar-refractivity contribution is -0.120. The maximum atomic E-state index is 12.0. The molecule has 2 aromatic carbocycles. The van der Waals surface area contributed by atoms with Crippen LogP contribution in [0.1, 0.15) is 29.2 Å². The van der Waals surface area contributed by atoms with Gasteiger partial charge >= 0.3 is 0 Å². The molecule has 0 heterocycles. The number of benzene rings is 2. The summed E-state index contributed by atoms with van der Waals surface area (Å²) < 4.78 is 0. The van der Waals surface area contributed by atoms with Gasteiger partial charge in [-0.05, 0) is 50.1 Å². The number of hydrogen-bond donors (Lipinski definition) is 2. The fourth-order valence-electron chi connectivity index (χ4n) is 2.26. The molecule has 0 saturated heterocycles. The standard InChI is InChI=1S/C18H19ClN2O2/c1-11-4-5-14(12(2)8-11)9-18(23)21-20-13(3)16-10-15(19)6-7-17(16)22/h4-8,10,22H,9H2,1-3H3,(H,21,23)/b20-13+. The first-order valence-electron chi connectivity index (χ1n) is 7.25. The average Bonchev–Trinajstić information content (AvgIpc) is 2.50. The number of nitrogens with zero attached hydrogens (tertiary/aromatic N) is 1. The van der Waals surface area contributed by atoms with Gasteiger partial charge in [-0.15, -0.1) is 0 Å². The minimum atomic E-state index is -0.210. The highest BCUT2D eigenvalue weighted by molar-refractivity contribution is 6.31. The molecule has 0 aliphatic heterocycles. The summed E-state index contributed by atoms with van der Waals surface area (Å²) in [7, 11) is 0. The van der Waals surface area contributed by atoms with Crippen molar-refractivity contribution in [1.29, 1.82) is 0 Å². The van der Waals surface area contributed by atoms with Crippen LogP contribution in [0.3, 0.4) is 0 Å². The van der Waals surface area contributed by atoms with Crippen molar-refractivity contribution in [3.63, 3.8) is 0 Å². The van der Waals surface area contributed by atoms with Gasteiger partial charge < -0.3 is 5.11 Å². The van der Waals surface area contributed by atoms with Crippen molar-refractivity contribution in [2.75, 3.05) is 0 Å². The number of hydrogen-bond acceptors (Lipinski definition) is 3. The van der Waals surface area contributed by atoms with E-state index in [1.807, 2.05) is 32.0 Å². The number of halogens is 1. The van der Waals surface area contributed by atoms with Crippen molar-refractivity contribution >= 4 is 23.2 Å². The number of nitrogens with one attached hydrogen (secondary N) is 1. The van der Waals surface area contributed by atoms with Gasteiger partial charge in [0, 0.05) is 10.6 Å². The SMILES string of the molecule is C/C(=N\NC(=O)Cc1ccc(C)cc1C)c1cc(Cl)ccc1O. The van der Waals surface area contributed by atoms with Crippen LogP contribution < -0.4 is 5.43 Å². The van der Waals surface area contributed by atoms with Gasteiger partial charge in [-0.2, -0.15) is 5.10 Å². The molecule has 4 nitrogen and oxygen atoms in total. The number of aryl methyl sites for hydroxylation is 2. The van der Waals surface area contributed by atoms with Gasteiger partial charge in [0.1, 0.15) is 5.75 Å². The third-order valence-electron chi connectivity index (χ3n) is 3.55. The molecule has 0 spiro atoms. The summed E-state index contributed by atoms with van der Waals surface area (Å²) in [4.78, 5) is 12.0. The van der Waals surface area contributed by atoms with E-state index in [1.54, 1.807) is 19.1 Å². The summed E-state index contributed by atoms with van der Waals surface area (Å²) in [6, 6.07) is 10.7. The third kappa shape index (κ3) is 4.57. The molecule has 120 valence electrons. The molecule has 0 bridgehead atoms. The van der Waals surface area contributed by atoms with Gasteiger partial charge in [-0.3, -0.25) is 4.79 Å². The van der Waals surface area contributed by atoms with Crippen molar-refractivity contribution in [2.45, 2.75) is 27.2 Å². The number of carbonyl (C=O) groups excluding carboxylic acids is 1. The van der Waals surface area contributed by atoms with E-state index in [2.05, 4.69) is 10.5 Å². The highest BCUT2D eigenvalue weighted by atomic mass is 35.5. The van der Waals surface area contributed by atoms with Crippen molar-refractivity contribution < 1.29 is 9.90 Å². The van der Waals surface area contributed by atoms with Crippen LogP contribution in [-0.2, 0) is 11.2 Å². The fourth-order valence-corrected chi connectivity index (χ4v) is 2.43. The van der Waals surface area contributed by atoms with E-state index in [9.17, 15) is 9.90 Å². The second kappa shape index (κ2) is 7.29. The monoisotopic (exact) mass is 330 g/mol. The molecule has 23 heavy (non-hydrogen) atoms. The lowest BCUT2D eigenvalue weighted by Crippen LogP contribution is -2.21. The predicted molar refractivity (Wildman–Crippen MR) is 93.1 cm³/mol. The fraction of sp³-hybridized carbons (Fsp3) is 0.222. The van der Waals surface area contributed by atoms with Crippen LogP contribution in [0, 0.1) is 13.8 Å². The van der Waals surface area contributed by atoms with Crippen LogP contribution >= 0.6 is 11.6 Å². The molecule has 0 aliphatic carbocycles. The zero-order valence-corrected chi connectivity index (χ0v) is 14.1. The zero-order valence-electron chi connectivity index (χ0n) is 13.4. The summed E-state index contributed by atoms with van der Waals surface area (Å²) in [5.74, 6) is -0.142. The lowest BCUT2D eigenvalue weighted by atomic mass is 10.0. The molecule has 2 aromatic rings. The van der Waals surface area contributed by atoms with Crippen molar-refractivity contribution in [3.8, 4) is 5.75 Å². The Morgan fingerprint density at radius 1 is 1.22 bits per heavy atom. The Labute approximate surface area is 140 Å². The summed E-state index contributed by atoms with van der Waals surface area (Å²) in [5.41, 5.74) is 6.69. The first-order valence-corrected chi connectivity index (χ1v) is 7.63. The second-order valence-electron chi connectivity index (χ2n) is 5.50. The molecule has 0 atom stereocenters. The first kappa shape index (κ1) is 17.0. The smallest absolute Gasteiger partial charge is 0.244 e. The Hall–Kier alpha value is -2.33. The van der Waals surface area contributed by atoms with Crippen LogP contribution in [0.15, 0.2) is 41.5 Å². The van der Waals surface area contributed by atoms with E-state index in [1.165, 1.54) is 6.07 Å². The van der Waals surface area contributed by atoms with Crippen LogP contribution in [0.5, 0.6) is 5.75 Å². The number of hydrazone groups is 1. The number of aromatic hydroxyl groups is 1. The number of amides is 1. The van der Waals surface area contributed by atoms with Gasteiger partial charge in [-0.25, -0.2) is 5.43 Å². The average molecular weight is 331 g/mol. The van der Waals surface area contributed by atoms with Crippen LogP contribution in [-0.4, -0.2) is 16.7 Å². The molecule has 0 saturated carbocycles. The Bertz CT molecular complexity index is 770. The van der Waals surface area contributed by atoms with E-state index < -0.39 is 0 Å². The molecule has 0 radical (unpaired) electrons. The molecule has 5 heteroatoms. The zero-order chi connectivity index (χ0) is 17.0. The molecule has 2 rings (SSSR count). The van der Waals surface area contributed by atoms with E-state index in [-0.39, 0.29) is 18.1 Å². The van der Waals surface area contributed by atoms with Gasteiger partial charge in [0.25, 0.3) is 0 Å². The maximum Gasteiger partial charge on any atom is 0.244 e. The molecular weight excluding hydrogens is 312 g/mol. The normalized spacial score (nSPS) is 11.4. The second-order valence-corrected chi connectivity index (χ2v) is 5.94. The number of phenolic OH excluding ortho intramolecular Hbond substituents is 1. The lowest BCUT2D eigenvalue weighted by Gasteiger charge is -2.07. The third-order valence-corrected chi connectivity index (χ3v) is 3.78. The van der Waals surface area contributed by atoms with Crippen molar-refractivity contribution in [3.05, 3.63) is 63.7 Å². The summed E-state index contributed by atoms with van der Waals surface area (Å²) in [6.45, 7) is 5.69. The van der Waals surface area contributed by atoms with Crippen LogP contribution in [0.25, 0.3) is 0 Å². The summed E-state index contributed by atoms with van der Waals surface area (Å²) in [5, 5.41) is 14.3. The van der Waals surface area contributed by atoms with Gasteiger partial charge in [0.05, 0.1) is 12.1 Å². The summed E-state index contributed by atoms with van der Waals surface area (Å²) in [6.07, 6.45) is 0.254. The number of rotatable bonds is 4. The maximum absolute atomic E-state index is 12.0. The van der Waals surface area contributed by atoms with Gasteiger partial charge in [0.2, 0.25) is 5.91 Å². The first-order chi connectivity index (χ1) is 10.9. The number of phenols is 1. The van der Waals surface area contributed by atoms with Crippen LogP contribution in [0.4, 0.5) is 0 Å². The summed E-state index contributed by atoms with van der Waals surface area (Å²) >= 11 is 5.91. The molecule has 2 N–H and O–H groups in total. The quantitative estimate of drug-likeness (QED) is 0.662. The van der Waals surface area contributed by atoms with Crippen molar-refractivity contribution in [1.82, 2.24) is 5.43 Å². The van der Waals surface area contributed by atoms with Gasteiger partial charge in [0.15, 0.2) is 0 Å². The topological polar surface area (TPSA) is 61.7 Å². The van der Waals surface area contributed by atoms with E-state index in [4.69, 9.17) is 11.6 Å². The van der Waals surface area contributed by atoms with E-state index >= 15 is 0 Å². The van der Waals surface area contributed by atoms with E-state index in [0.29, 0.717) is 16.3 Å². The Balaban J connectivity index is 2.06. The highest BCUT2D eigenvalue weighted by Crippen LogP contribution is 2.22. The molecule has 0 fully saturated rings. The molecular formula is C18H19ClN2O2. The largest absolute Gasteiger partial charge is 0.507 e.